The van der Waals surface area contributed by atoms with Crippen molar-refractivity contribution in [3.63, 3.8) is 0 Å². The zero-order valence-electron chi connectivity index (χ0n) is 11.5. The highest BCUT2D eigenvalue weighted by atomic mass is 32.2. The van der Waals surface area contributed by atoms with Crippen molar-refractivity contribution in [3.05, 3.63) is 29.8 Å². The summed E-state index contributed by atoms with van der Waals surface area (Å²) < 4.78 is 27.0. The Morgan fingerprint density at radius 3 is 2.37 bits per heavy atom. The van der Waals surface area contributed by atoms with E-state index < -0.39 is 10.0 Å². The van der Waals surface area contributed by atoms with Gasteiger partial charge in [0.1, 0.15) is 0 Å². The van der Waals surface area contributed by atoms with Crippen LogP contribution in [0, 0.1) is 5.92 Å². The molecule has 0 aliphatic heterocycles. The SMILES string of the molecule is CNCCc1ccc(S(=O)(=O)NC2CC(C)C2)cc1. The third kappa shape index (κ3) is 3.78. The van der Waals surface area contributed by atoms with E-state index in [1.165, 1.54) is 0 Å². The van der Waals surface area contributed by atoms with Crippen molar-refractivity contribution in [2.24, 2.45) is 5.92 Å². The molecule has 106 valence electrons. The Hall–Kier alpha value is -0.910. The largest absolute Gasteiger partial charge is 0.319 e. The maximum absolute atomic E-state index is 12.1. The lowest BCUT2D eigenvalue weighted by atomic mass is 9.83. The first-order chi connectivity index (χ1) is 9.01. The van der Waals surface area contributed by atoms with E-state index in [1.807, 2.05) is 19.2 Å². The molecule has 1 fully saturated rings. The first-order valence-electron chi connectivity index (χ1n) is 6.77. The first kappa shape index (κ1) is 14.5. The molecule has 0 radical (unpaired) electrons. The summed E-state index contributed by atoms with van der Waals surface area (Å²) in [5.74, 6) is 0.636. The van der Waals surface area contributed by atoms with Crippen molar-refractivity contribution >= 4 is 10.0 Å². The van der Waals surface area contributed by atoms with Crippen LogP contribution in [0.5, 0.6) is 0 Å². The van der Waals surface area contributed by atoms with E-state index in [-0.39, 0.29) is 6.04 Å². The van der Waals surface area contributed by atoms with E-state index in [9.17, 15) is 8.42 Å². The van der Waals surface area contributed by atoms with Gasteiger partial charge in [-0.1, -0.05) is 19.1 Å². The van der Waals surface area contributed by atoms with Crippen molar-refractivity contribution in [1.29, 1.82) is 0 Å². The summed E-state index contributed by atoms with van der Waals surface area (Å²) in [6.07, 6.45) is 2.80. The monoisotopic (exact) mass is 282 g/mol. The summed E-state index contributed by atoms with van der Waals surface area (Å²) in [4.78, 5) is 0.361. The van der Waals surface area contributed by atoms with E-state index in [4.69, 9.17) is 0 Å². The van der Waals surface area contributed by atoms with Crippen LogP contribution in [0.15, 0.2) is 29.2 Å². The van der Waals surface area contributed by atoms with Gasteiger partial charge < -0.3 is 5.32 Å². The second kappa shape index (κ2) is 6.03. The minimum Gasteiger partial charge on any atom is -0.319 e. The molecule has 1 aliphatic rings. The number of sulfonamides is 1. The molecule has 0 aromatic heterocycles. The molecule has 0 unspecified atom stereocenters. The second-order valence-electron chi connectivity index (χ2n) is 5.39. The fraction of sp³-hybridized carbons (Fsp3) is 0.571. The van der Waals surface area contributed by atoms with Crippen LogP contribution in [-0.4, -0.2) is 28.1 Å². The molecular formula is C14H22N2O2S. The average molecular weight is 282 g/mol. The quantitative estimate of drug-likeness (QED) is 0.832. The van der Waals surface area contributed by atoms with Gasteiger partial charge in [-0.05, 0) is 56.5 Å². The second-order valence-corrected chi connectivity index (χ2v) is 7.11. The summed E-state index contributed by atoms with van der Waals surface area (Å²) in [7, 11) is -1.44. The maximum atomic E-state index is 12.1. The van der Waals surface area contributed by atoms with Gasteiger partial charge in [-0.15, -0.1) is 0 Å². The third-order valence-electron chi connectivity index (χ3n) is 3.59. The van der Waals surface area contributed by atoms with E-state index >= 15 is 0 Å². The van der Waals surface area contributed by atoms with Crippen LogP contribution in [0.2, 0.25) is 0 Å². The Balaban J connectivity index is 1.99. The van der Waals surface area contributed by atoms with Crippen LogP contribution in [0.25, 0.3) is 0 Å². The van der Waals surface area contributed by atoms with Crippen LogP contribution in [0.3, 0.4) is 0 Å². The Bertz CT molecular complexity index is 505. The van der Waals surface area contributed by atoms with Crippen molar-refractivity contribution in [2.75, 3.05) is 13.6 Å². The lowest BCUT2D eigenvalue weighted by Crippen LogP contribution is -2.43. The molecule has 0 heterocycles. The van der Waals surface area contributed by atoms with Gasteiger partial charge in [0.05, 0.1) is 4.90 Å². The predicted molar refractivity (Wildman–Crippen MR) is 76.6 cm³/mol. The van der Waals surface area contributed by atoms with Crippen molar-refractivity contribution in [3.8, 4) is 0 Å². The maximum Gasteiger partial charge on any atom is 0.240 e. The minimum absolute atomic E-state index is 0.115. The fourth-order valence-corrected chi connectivity index (χ4v) is 3.65. The standard InChI is InChI=1S/C14H22N2O2S/c1-11-9-13(10-11)16-19(17,18)14-5-3-12(4-6-14)7-8-15-2/h3-6,11,13,15-16H,7-10H2,1-2H3. The lowest BCUT2D eigenvalue weighted by Gasteiger charge is -2.32. The van der Waals surface area contributed by atoms with Gasteiger partial charge in [0, 0.05) is 6.04 Å². The average Bonchev–Trinajstić information content (AvgIpc) is 2.35. The van der Waals surface area contributed by atoms with Crippen LogP contribution < -0.4 is 10.0 Å². The van der Waals surface area contributed by atoms with Crippen LogP contribution in [0.1, 0.15) is 25.3 Å². The zero-order valence-corrected chi connectivity index (χ0v) is 12.3. The Morgan fingerprint density at radius 1 is 1.21 bits per heavy atom. The van der Waals surface area contributed by atoms with Crippen molar-refractivity contribution < 1.29 is 8.42 Å². The van der Waals surface area contributed by atoms with Crippen LogP contribution in [-0.2, 0) is 16.4 Å². The Labute approximate surface area is 115 Å². The zero-order chi connectivity index (χ0) is 13.9. The number of benzene rings is 1. The highest BCUT2D eigenvalue weighted by molar-refractivity contribution is 7.89. The molecule has 5 heteroatoms. The van der Waals surface area contributed by atoms with E-state index in [0.717, 1.165) is 31.4 Å². The highest BCUT2D eigenvalue weighted by Crippen LogP contribution is 2.27. The molecular weight excluding hydrogens is 260 g/mol. The molecule has 2 rings (SSSR count). The summed E-state index contributed by atoms with van der Waals surface area (Å²) in [5.41, 5.74) is 1.14. The smallest absolute Gasteiger partial charge is 0.240 e. The van der Waals surface area contributed by atoms with Gasteiger partial charge in [-0.3, -0.25) is 0 Å². The first-order valence-corrected chi connectivity index (χ1v) is 8.25. The number of likely N-dealkylation sites (N-methyl/N-ethyl adjacent to an activating group) is 1. The van der Waals surface area contributed by atoms with E-state index in [0.29, 0.717) is 10.8 Å². The van der Waals surface area contributed by atoms with E-state index in [1.54, 1.807) is 12.1 Å². The van der Waals surface area contributed by atoms with E-state index in [2.05, 4.69) is 17.0 Å². The molecule has 0 saturated heterocycles. The van der Waals surface area contributed by atoms with Crippen molar-refractivity contribution in [1.82, 2.24) is 10.0 Å². The fourth-order valence-electron chi connectivity index (χ4n) is 2.39. The molecule has 4 nitrogen and oxygen atoms in total. The number of hydrogen-bond donors (Lipinski definition) is 2. The summed E-state index contributed by atoms with van der Waals surface area (Å²) in [6, 6.07) is 7.26. The number of nitrogens with one attached hydrogen (secondary N) is 2. The van der Waals surface area contributed by atoms with Crippen LogP contribution in [0.4, 0.5) is 0 Å². The van der Waals surface area contributed by atoms with Gasteiger partial charge in [0.25, 0.3) is 0 Å². The molecule has 1 aromatic rings. The normalized spacial score (nSPS) is 23.1. The van der Waals surface area contributed by atoms with Gasteiger partial charge in [0.15, 0.2) is 0 Å². The van der Waals surface area contributed by atoms with Gasteiger partial charge >= 0.3 is 0 Å². The predicted octanol–water partition coefficient (Wildman–Crippen LogP) is 1.53. The molecule has 1 aliphatic carbocycles. The summed E-state index contributed by atoms with van der Waals surface area (Å²) in [5, 5.41) is 3.08. The molecule has 0 spiro atoms. The molecule has 19 heavy (non-hydrogen) atoms. The third-order valence-corrected chi connectivity index (χ3v) is 5.13. The highest BCUT2D eigenvalue weighted by Gasteiger charge is 2.29. The van der Waals surface area contributed by atoms with Crippen LogP contribution >= 0.6 is 0 Å². The molecule has 0 bridgehead atoms. The minimum atomic E-state index is -3.35. The lowest BCUT2D eigenvalue weighted by molar-refractivity contribution is 0.270. The molecule has 0 atom stereocenters. The van der Waals surface area contributed by atoms with Gasteiger partial charge in [-0.25, -0.2) is 13.1 Å². The molecule has 0 amide bonds. The Kier molecular flexibility index (Phi) is 4.60. The topological polar surface area (TPSA) is 58.2 Å². The van der Waals surface area contributed by atoms with Gasteiger partial charge in [0.2, 0.25) is 10.0 Å². The van der Waals surface area contributed by atoms with Crippen molar-refractivity contribution in [2.45, 2.75) is 37.1 Å². The van der Waals surface area contributed by atoms with Gasteiger partial charge in [-0.2, -0.15) is 0 Å². The molecule has 1 aromatic carbocycles. The summed E-state index contributed by atoms with van der Waals surface area (Å²) in [6.45, 7) is 3.03. The number of hydrogen-bond acceptors (Lipinski definition) is 3. The molecule has 1 saturated carbocycles. The Morgan fingerprint density at radius 2 is 1.84 bits per heavy atom. The summed E-state index contributed by atoms with van der Waals surface area (Å²) >= 11 is 0. The molecule has 2 N–H and O–H groups in total. The number of rotatable bonds is 6.